The molecular formula is C16H25N4O3-. The van der Waals surface area contributed by atoms with Crippen molar-refractivity contribution in [1.82, 2.24) is 0 Å². The van der Waals surface area contributed by atoms with Crippen molar-refractivity contribution < 1.29 is 9.57 Å². The molecule has 128 valence electrons. The first-order valence-electron chi connectivity index (χ1n) is 8.09. The lowest BCUT2D eigenvalue weighted by Gasteiger charge is -2.36. The van der Waals surface area contributed by atoms with Crippen molar-refractivity contribution in [3.8, 4) is 5.75 Å². The molecule has 1 aliphatic heterocycles. The number of methoxy groups -OCH3 is 1. The van der Waals surface area contributed by atoms with Crippen LogP contribution in [-0.2, 0) is 4.84 Å². The molecule has 0 amide bonds. The van der Waals surface area contributed by atoms with Crippen molar-refractivity contribution in [2.45, 2.75) is 45.4 Å². The molecule has 0 saturated carbocycles. The zero-order valence-corrected chi connectivity index (χ0v) is 13.8. The Kier molecular flexibility index (Phi) is 6.49. The molecule has 23 heavy (non-hydrogen) atoms. The highest BCUT2D eigenvalue weighted by Crippen LogP contribution is 2.35. The van der Waals surface area contributed by atoms with Crippen LogP contribution in [0.15, 0.2) is 23.3 Å². The van der Waals surface area contributed by atoms with E-state index in [4.69, 9.17) is 15.3 Å². The van der Waals surface area contributed by atoms with Crippen molar-refractivity contribution in [2.75, 3.05) is 24.0 Å². The summed E-state index contributed by atoms with van der Waals surface area (Å²) in [5.74, 6) is 0.611. The number of hydrazone groups is 1. The molecule has 0 bridgehead atoms. The van der Waals surface area contributed by atoms with Crippen molar-refractivity contribution in [3.63, 3.8) is 0 Å². The van der Waals surface area contributed by atoms with Crippen molar-refractivity contribution >= 4 is 17.3 Å². The van der Waals surface area contributed by atoms with Gasteiger partial charge in [-0.15, -0.1) is 5.10 Å². The lowest BCUT2D eigenvalue weighted by atomic mass is 10.1. The van der Waals surface area contributed by atoms with Crippen LogP contribution in [-0.4, -0.2) is 19.7 Å². The molecule has 7 heteroatoms. The fourth-order valence-electron chi connectivity index (χ4n) is 2.44. The number of hydrogen-bond acceptors (Lipinski definition) is 7. The maximum absolute atomic E-state index is 11.9. The Labute approximate surface area is 137 Å². The van der Waals surface area contributed by atoms with Gasteiger partial charge in [-0.1, -0.05) is 39.0 Å². The number of guanidine groups is 1. The van der Waals surface area contributed by atoms with Crippen LogP contribution in [0.2, 0.25) is 0 Å². The molecule has 1 aromatic carbocycles. The van der Waals surface area contributed by atoms with E-state index in [0.717, 1.165) is 12.8 Å². The van der Waals surface area contributed by atoms with Crippen LogP contribution in [0.5, 0.6) is 5.75 Å². The fourth-order valence-corrected chi connectivity index (χ4v) is 2.44. The largest absolute Gasteiger partial charge is 0.737 e. The molecule has 0 spiro atoms. The van der Waals surface area contributed by atoms with E-state index in [9.17, 15) is 5.21 Å². The average Bonchev–Trinajstić information content (AvgIpc) is 2.56. The zero-order chi connectivity index (χ0) is 16.7. The summed E-state index contributed by atoms with van der Waals surface area (Å²) in [5.41, 5.74) is 6.73. The zero-order valence-electron chi connectivity index (χ0n) is 13.8. The molecular weight excluding hydrogens is 296 g/mol. The highest BCUT2D eigenvalue weighted by atomic mass is 16.7. The topological polar surface area (TPSA) is 86.4 Å². The number of hydroxylamine groups is 1. The van der Waals surface area contributed by atoms with Gasteiger partial charge < -0.3 is 20.9 Å². The van der Waals surface area contributed by atoms with Gasteiger partial charge >= 0.3 is 0 Å². The van der Waals surface area contributed by atoms with E-state index >= 15 is 0 Å². The van der Waals surface area contributed by atoms with Gasteiger partial charge in [0.05, 0.1) is 25.1 Å². The smallest absolute Gasteiger partial charge is 0.242 e. The molecule has 1 aliphatic rings. The number of unbranched alkanes of at least 4 members (excludes halogenated alkanes) is 5. The van der Waals surface area contributed by atoms with Crippen LogP contribution in [0.3, 0.4) is 0 Å². The van der Waals surface area contributed by atoms with Gasteiger partial charge in [0.25, 0.3) is 0 Å². The fraction of sp³-hybridized carbons (Fsp3) is 0.562. The summed E-state index contributed by atoms with van der Waals surface area (Å²) in [4.78, 5) is 5.72. The summed E-state index contributed by atoms with van der Waals surface area (Å²) in [6.07, 6.45) is 7.05. The molecule has 0 radical (unpaired) electrons. The number of rotatable bonds is 9. The minimum absolute atomic E-state index is 0.0312. The van der Waals surface area contributed by atoms with E-state index in [1.54, 1.807) is 25.3 Å². The Hall–Kier alpha value is -1.99. The molecule has 0 unspecified atom stereocenters. The summed E-state index contributed by atoms with van der Waals surface area (Å²) < 4.78 is 5.13. The van der Waals surface area contributed by atoms with Gasteiger partial charge in [0.1, 0.15) is 5.75 Å². The minimum atomic E-state index is 0.0312. The quantitative estimate of drug-likeness (QED) is 0.702. The molecule has 0 fully saturated rings. The monoisotopic (exact) mass is 321 g/mol. The van der Waals surface area contributed by atoms with Crippen molar-refractivity contribution in [1.29, 1.82) is 0 Å². The number of fused-ring (bicyclic) bond motifs is 1. The second-order valence-electron chi connectivity index (χ2n) is 5.48. The van der Waals surface area contributed by atoms with E-state index in [2.05, 4.69) is 12.0 Å². The molecule has 2 rings (SSSR count). The van der Waals surface area contributed by atoms with Crippen molar-refractivity contribution in [3.05, 3.63) is 23.4 Å². The Morgan fingerprint density at radius 1 is 1.13 bits per heavy atom. The van der Waals surface area contributed by atoms with Gasteiger partial charge in [-0.2, -0.15) is 5.06 Å². The van der Waals surface area contributed by atoms with Crippen LogP contribution < -0.4 is 20.7 Å². The van der Waals surface area contributed by atoms with Gasteiger partial charge in [-0.05, 0) is 18.6 Å². The number of nitrogens with two attached hydrogens (primary N) is 1. The molecule has 7 nitrogen and oxygen atoms in total. The van der Waals surface area contributed by atoms with E-state index < -0.39 is 0 Å². The highest BCUT2D eigenvalue weighted by molar-refractivity contribution is 5.99. The Balaban J connectivity index is 1.92. The highest BCUT2D eigenvalue weighted by Gasteiger charge is 2.22. The van der Waals surface area contributed by atoms with Gasteiger partial charge in [0.15, 0.2) is 0 Å². The van der Waals surface area contributed by atoms with Gasteiger partial charge in [0.2, 0.25) is 5.96 Å². The Morgan fingerprint density at radius 2 is 1.87 bits per heavy atom. The summed E-state index contributed by atoms with van der Waals surface area (Å²) in [6.45, 7) is 2.74. The van der Waals surface area contributed by atoms with Gasteiger partial charge in [-0.3, -0.25) is 4.84 Å². The first kappa shape index (κ1) is 17.4. The Morgan fingerprint density at radius 3 is 2.61 bits per heavy atom. The van der Waals surface area contributed by atoms with Crippen LogP contribution in [0.4, 0.5) is 11.4 Å². The Bertz CT molecular complexity index is 536. The molecule has 0 saturated heterocycles. The van der Waals surface area contributed by atoms with E-state index in [1.807, 2.05) is 0 Å². The predicted octanol–water partition coefficient (Wildman–Crippen LogP) is 3.34. The van der Waals surface area contributed by atoms with E-state index in [0.29, 0.717) is 28.9 Å². The number of hydrogen-bond donors (Lipinski definition) is 1. The lowest BCUT2D eigenvalue weighted by Crippen LogP contribution is -2.42. The lowest BCUT2D eigenvalue weighted by molar-refractivity contribution is 0.136. The number of ether oxygens (including phenoxy) is 1. The minimum Gasteiger partial charge on any atom is -0.737 e. The van der Waals surface area contributed by atoms with E-state index in [-0.39, 0.29) is 5.96 Å². The normalized spacial score (nSPS) is 13.8. The molecule has 0 aromatic heterocycles. The SMILES string of the molecule is CCCCCCCCON1C(N)=NN([O-])c2cc(OC)ccc21. The summed E-state index contributed by atoms with van der Waals surface area (Å²) in [6, 6.07) is 5.10. The third-order valence-corrected chi connectivity index (χ3v) is 3.73. The first-order chi connectivity index (χ1) is 11.2. The van der Waals surface area contributed by atoms with Gasteiger partial charge in [0, 0.05) is 6.07 Å². The standard InChI is InChI=1S/C16H25N4O3/c1-3-4-5-6-7-8-11-23-19-14-10-9-13(22-2)12-15(14)20(21)18-16(19)17/h9-10,12H,3-8,11H2,1-2H3,(H2,17,18)/q-1. The van der Waals surface area contributed by atoms with Crippen LogP contribution >= 0.6 is 0 Å². The maximum Gasteiger partial charge on any atom is 0.242 e. The average molecular weight is 321 g/mol. The van der Waals surface area contributed by atoms with Gasteiger partial charge in [-0.25, -0.2) is 0 Å². The predicted molar refractivity (Wildman–Crippen MR) is 92.3 cm³/mol. The molecule has 0 aliphatic carbocycles. The van der Waals surface area contributed by atoms with Crippen molar-refractivity contribution in [2.24, 2.45) is 10.8 Å². The molecule has 0 atom stereocenters. The summed E-state index contributed by atoms with van der Waals surface area (Å²) >= 11 is 0. The summed E-state index contributed by atoms with van der Waals surface area (Å²) in [7, 11) is 1.55. The number of anilines is 2. The van der Waals surface area contributed by atoms with Crippen LogP contribution in [0, 0.1) is 5.21 Å². The first-order valence-corrected chi connectivity index (χ1v) is 8.09. The van der Waals surface area contributed by atoms with E-state index in [1.165, 1.54) is 30.7 Å². The number of benzene rings is 1. The second-order valence-corrected chi connectivity index (χ2v) is 5.48. The summed E-state index contributed by atoms with van der Waals surface area (Å²) in [5, 5.41) is 17.5. The molecule has 2 N–H and O–H groups in total. The van der Waals surface area contributed by atoms with Crippen LogP contribution in [0.25, 0.3) is 0 Å². The second kappa shape index (κ2) is 8.59. The molecule has 1 aromatic rings. The molecule has 1 heterocycles. The van der Waals surface area contributed by atoms with Crippen LogP contribution in [0.1, 0.15) is 45.4 Å². The number of nitrogens with zero attached hydrogens (tertiary/aromatic N) is 3. The maximum atomic E-state index is 11.9. The third-order valence-electron chi connectivity index (χ3n) is 3.73. The third kappa shape index (κ3) is 4.49.